The van der Waals surface area contributed by atoms with Crippen molar-refractivity contribution in [2.24, 2.45) is 0 Å². The Morgan fingerprint density at radius 1 is 1.10 bits per heavy atom. The Morgan fingerprint density at radius 2 is 1.75 bits per heavy atom. The summed E-state index contributed by atoms with van der Waals surface area (Å²) in [4.78, 5) is 12.3. The van der Waals surface area contributed by atoms with Crippen molar-refractivity contribution in [1.82, 2.24) is 5.32 Å². The molecule has 2 nitrogen and oxygen atoms in total. The first-order valence-electron chi connectivity index (χ1n) is 6.80. The van der Waals surface area contributed by atoms with Gasteiger partial charge in [-0.3, -0.25) is 4.79 Å². The zero-order valence-corrected chi connectivity index (χ0v) is 13.1. The van der Waals surface area contributed by atoms with E-state index in [2.05, 4.69) is 40.3 Å². The van der Waals surface area contributed by atoms with Crippen molar-refractivity contribution < 1.29 is 4.79 Å². The summed E-state index contributed by atoms with van der Waals surface area (Å²) < 4.78 is 0.826. The van der Waals surface area contributed by atoms with Crippen LogP contribution in [0, 0.1) is 0 Å². The van der Waals surface area contributed by atoms with Gasteiger partial charge in [0, 0.05) is 10.5 Å². The molecule has 0 spiro atoms. The first kappa shape index (κ1) is 14.8. The summed E-state index contributed by atoms with van der Waals surface area (Å²) >= 11 is 3.41. The molecule has 1 N–H and O–H groups in total. The predicted octanol–water partition coefficient (Wildman–Crippen LogP) is 4.20. The van der Waals surface area contributed by atoms with E-state index in [0.717, 1.165) is 17.3 Å². The standard InChI is InChI=1S/C17H18BrNO/c1-2-14(12-13-8-4-3-5-9-13)19-17(20)15-10-6-7-11-16(15)18/h3-11,14H,2,12H2,1H3,(H,19,20)/t14-/m0/s1. The molecule has 2 aromatic carbocycles. The molecule has 0 saturated heterocycles. The summed E-state index contributed by atoms with van der Waals surface area (Å²) in [7, 11) is 0. The largest absolute Gasteiger partial charge is 0.349 e. The minimum atomic E-state index is -0.0275. The third-order valence-corrected chi connectivity index (χ3v) is 3.96. The van der Waals surface area contributed by atoms with Crippen molar-refractivity contribution in [2.45, 2.75) is 25.8 Å². The average Bonchev–Trinajstić information content (AvgIpc) is 2.48. The lowest BCUT2D eigenvalue weighted by Gasteiger charge is -2.17. The molecule has 0 aromatic heterocycles. The lowest BCUT2D eigenvalue weighted by atomic mass is 10.0. The van der Waals surface area contributed by atoms with Crippen LogP contribution in [0.15, 0.2) is 59.1 Å². The molecule has 0 heterocycles. The van der Waals surface area contributed by atoms with E-state index >= 15 is 0 Å². The molecule has 0 radical (unpaired) electrons. The maximum absolute atomic E-state index is 12.3. The van der Waals surface area contributed by atoms with Crippen LogP contribution in [0.1, 0.15) is 29.3 Å². The van der Waals surface area contributed by atoms with Gasteiger partial charge in [0.05, 0.1) is 5.56 Å². The van der Waals surface area contributed by atoms with Gasteiger partial charge < -0.3 is 5.32 Å². The molecule has 0 bridgehead atoms. The van der Waals surface area contributed by atoms with Crippen molar-refractivity contribution in [3.8, 4) is 0 Å². The lowest BCUT2D eigenvalue weighted by molar-refractivity contribution is 0.0935. The van der Waals surface area contributed by atoms with Gasteiger partial charge in [-0.1, -0.05) is 49.4 Å². The van der Waals surface area contributed by atoms with Gasteiger partial charge in [0.15, 0.2) is 0 Å². The normalized spacial score (nSPS) is 11.9. The van der Waals surface area contributed by atoms with Gasteiger partial charge in [-0.15, -0.1) is 0 Å². The monoisotopic (exact) mass is 331 g/mol. The first-order chi connectivity index (χ1) is 9.70. The zero-order chi connectivity index (χ0) is 14.4. The maximum atomic E-state index is 12.3. The van der Waals surface area contributed by atoms with Gasteiger partial charge in [0.1, 0.15) is 0 Å². The Morgan fingerprint density at radius 3 is 2.40 bits per heavy atom. The Bertz CT molecular complexity index is 568. The number of hydrogen-bond acceptors (Lipinski definition) is 1. The number of nitrogens with one attached hydrogen (secondary N) is 1. The van der Waals surface area contributed by atoms with E-state index in [-0.39, 0.29) is 11.9 Å². The van der Waals surface area contributed by atoms with Gasteiger partial charge in [0.25, 0.3) is 5.91 Å². The first-order valence-corrected chi connectivity index (χ1v) is 7.59. The highest BCUT2D eigenvalue weighted by atomic mass is 79.9. The highest BCUT2D eigenvalue weighted by molar-refractivity contribution is 9.10. The number of rotatable bonds is 5. The number of hydrogen-bond donors (Lipinski definition) is 1. The van der Waals surface area contributed by atoms with Gasteiger partial charge in [-0.2, -0.15) is 0 Å². The molecule has 1 amide bonds. The Hall–Kier alpha value is -1.61. The second kappa shape index (κ2) is 7.25. The van der Waals surface area contributed by atoms with Crippen LogP contribution in [0.25, 0.3) is 0 Å². The quantitative estimate of drug-likeness (QED) is 0.873. The minimum Gasteiger partial charge on any atom is -0.349 e. The van der Waals surface area contributed by atoms with Crippen LogP contribution in [0.2, 0.25) is 0 Å². The van der Waals surface area contributed by atoms with E-state index in [1.54, 1.807) is 0 Å². The molecule has 0 fully saturated rings. The number of carbonyl (C=O) groups is 1. The topological polar surface area (TPSA) is 29.1 Å². The molecule has 0 aliphatic carbocycles. The predicted molar refractivity (Wildman–Crippen MR) is 85.8 cm³/mol. The highest BCUT2D eigenvalue weighted by Crippen LogP contribution is 2.16. The summed E-state index contributed by atoms with van der Waals surface area (Å²) in [5.74, 6) is -0.0275. The summed E-state index contributed by atoms with van der Waals surface area (Å²) in [6.45, 7) is 2.09. The smallest absolute Gasteiger partial charge is 0.252 e. The van der Waals surface area contributed by atoms with Crippen LogP contribution in [-0.4, -0.2) is 11.9 Å². The summed E-state index contributed by atoms with van der Waals surface area (Å²) in [5.41, 5.74) is 1.92. The molecular weight excluding hydrogens is 314 g/mol. The van der Waals surface area contributed by atoms with Crippen molar-refractivity contribution in [2.75, 3.05) is 0 Å². The van der Waals surface area contributed by atoms with Crippen LogP contribution >= 0.6 is 15.9 Å². The van der Waals surface area contributed by atoms with Crippen LogP contribution in [0.4, 0.5) is 0 Å². The van der Waals surface area contributed by atoms with Gasteiger partial charge in [0.2, 0.25) is 0 Å². The number of amides is 1. The molecule has 0 saturated carbocycles. The van der Waals surface area contributed by atoms with Gasteiger partial charge in [-0.25, -0.2) is 0 Å². The third-order valence-electron chi connectivity index (χ3n) is 3.27. The van der Waals surface area contributed by atoms with E-state index in [0.29, 0.717) is 5.56 Å². The van der Waals surface area contributed by atoms with Crippen molar-refractivity contribution in [3.63, 3.8) is 0 Å². The zero-order valence-electron chi connectivity index (χ0n) is 11.5. The van der Waals surface area contributed by atoms with Crippen molar-refractivity contribution in [3.05, 3.63) is 70.2 Å². The summed E-state index contributed by atoms with van der Waals surface area (Å²) in [6, 6.07) is 17.9. The molecule has 2 aromatic rings. The fourth-order valence-electron chi connectivity index (χ4n) is 2.10. The molecule has 20 heavy (non-hydrogen) atoms. The second-order valence-electron chi connectivity index (χ2n) is 4.75. The Labute approximate surface area is 128 Å². The lowest BCUT2D eigenvalue weighted by Crippen LogP contribution is -2.36. The van der Waals surface area contributed by atoms with Gasteiger partial charge in [-0.05, 0) is 46.5 Å². The molecule has 2 rings (SSSR count). The number of halogens is 1. The SMILES string of the molecule is CC[C@@H](Cc1ccccc1)NC(=O)c1ccccc1Br. The molecule has 1 atom stereocenters. The highest BCUT2D eigenvalue weighted by Gasteiger charge is 2.14. The molecule has 0 aliphatic heterocycles. The van der Waals surface area contributed by atoms with Crippen molar-refractivity contribution >= 4 is 21.8 Å². The minimum absolute atomic E-state index is 0.0275. The van der Waals surface area contributed by atoms with Crippen LogP contribution in [0.5, 0.6) is 0 Å². The fraction of sp³-hybridized carbons (Fsp3) is 0.235. The van der Waals surface area contributed by atoms with E-state index < -0.39 is 0 Å². The number of carbonyl (C=O) groups excluding carboxylic acids is 1. The number of benzene rings is 2. The Balaban J connectivity index is 2.03. The second-order valence-corrected chi connectivity index (χ2v) is 5.60. The van der Waals surface area contributed by atoms with Gasteiger partial charge >= 0.3 is 0 Å². The van der Waals surface area contributed by atoms with Crippen LogP contribution in [0.3, 0.4) is 0 Å². The van der Waals surface area contributed by atoms with E-state index in [1.807, 2.05) is 42.5 Å². The molecule has 0 aliphatic rings. The summed E-state index contributed by atoms with van der Waals surface area (Å²) in [6.07, 6.45) is 1.76. The van der Waals surface area contributed by atoms with E-state index in [9.17, 15) is 4.79 Å². The molecule has 104 valence electrons. The van der Waals surface area contributed by atoms with E-state index in [4.69, 9.17) is 0 Å². The molecule has 0 unspecified atom stereocenters. The maximum Gasteiger partial charge on any atom is 0.252 e. The molecular formula is C17H18BrNO. The van der Waals surface area contributed by atoms with Crippen molar-refractivity contribution in [1.29, 1.82) is 0 Å². The average molecular weight is 332 g/mol. The Kier molecular flexibility index (Phi) is 5.36. The van der Waals surface area contributed by atoms with E-state index in [1.165, 1.54) is 5.56 Å². The van der Waals surface area contributed by atoms with Crippen LogP contribution in [-0.2, 0) is 6.42 Å². The molecule has 3 heteroatoms. The fourth-order valence-corrected chi connectivity index (χ4v) is 2.57. The summed E-state index contributed by atoms with van der Waals surface area (Å²) in [5, 5.41) is 3.10. The van der Waals surface area contributed by atoms with Crippen LogP contribution < -0.4 is 5.32 Å². The third kappa shape index (κ3) is 3.94.